The third-order valence-corrected chi connectivity index (χ3v) is 3.88. The molecule has 0 aliphatic heterocycles. The van der Waals surface area contributed by atoms with Crippen molar-refractivity contribution in [1.82, 2.24) is 5.10 Å². The lowest BCUT2D eigenvalue weighted by molar-refractivity contribution is -0.739. The number of hydrogen-bond acceptors (Lipinski definition) is 3. The largest absolute Gasteiger partial charge is 0.301 e. The number of nitrogen functional groups attached to an aromatic ring is 1. The summed E-state index contributed by atoms with van der Waals surface area (Å²) in [6.07, 6.45) is 1.22. The number of aromatic nitrogens is 2. The minimum atomic E-state index is 0.490. The number of rotatable bonds is 5. The van der Waals surface area contributed by atoms with Gasteiger partial charge in [-0.3, -0.25) is 5.73 Å². The molecule has 4 heteroatoms. The van der Waals surface area contributed by atoms with Crippen molar-refractivity contribution in [3.05, 3.63) is 66.7 Å². The van der Waals surface area contributed by atoms with Crippen molar-refractivity contribution in [2.45, 2.75) is 19.4 Å². The molecule has 0 amide bonds. The Bertz CT molecular complexity index is 852. The Hall–Kier alpha value is -3.19. The van der Waals surface area contributed by atoms with Crippen LogP contribution < -0.4 is 10.4 Å². The van der Waals surface area contributed by atoms with Crippen LogP contribution in [-0.4, -0.2) is 5.10 Å². The van der Waals surface area contributed by atoms with E-state index in [1.807, 2.05) is 71.4 Å². The van der Waals surface area contributed by atoms with Crippen LogP contribution in [-0.2, 0) is 6.54 Å². The average molecular weight is 315 g/mol. The summed E-state index contributed by atoms with van der Waals surface area (Å²) < 4.78 is 1.81. The highest BCUT2D eigenvalue weighted by molar-refractivity contribution is 5.75. The molecule has 0 aliphatic carbocycles. The summed E-state index contributed by atoms with van der Waals surface area (Å²) in [5.74, 6) is 0.624. The van der Waals surface area contributed by atoms with Crippen molar-refractivity contribution >= 4 is 5.82 Å². The minimum Gasteiger partial charge on any atom is -0.285 e. The van der Waals surface area contributed by atoms with Crippen LogP contribution in [0, 0.1) is 11.3 Å². The molecule has 118 valence electrons. The number of nitriles is 1. The van der Waals surface area contributed by atoms with Crippen LogP contribution in [0.25, 0.3) is 22.4 Å². The zero-order valence-corrected chi connectivity index (χ0v) is 13.4. The van der Waals surface area contributed by atoms with Gasteiger partial charge in [-0.05, 0) is 11.6 Å². The smallest absolute Gasteiger partial charge is 0.285 e. The van der Waals surface area contributed by atoms with Gasteiger partial charge in [-0.15, -0.1) is 4.68 Å². The Morgan fingerprint density at radius 2 is 1.58 bits per heavy atom. The molecule has 3 rings (SSSR count). The Kier molecular flexibility index (Phi) is 4.83. The normalized spacial score (nSPS) is 10.3. The Balaban J connectivity index is 2.10. The first-order valence-corrected chi connectivity index (χ1v) is 7.98. The van der Waals surface area contributed by atoms with Gasteiger partial charge in [0.25, 0.3) is 0 Å². The van der Waals surface area contributed by atoms with Gasteiger partial charge in [-0.25, -0.2) is 0 Å². The number of benzene rings is 2. The molecule has 0 radical (unpaired) electrons. The molecule has 24 heavy (non-hydrogen) atoms. The SMILES string of the molecule is N#CCCC[n+]1nc(-c2ccccc2)cc(-c2ccccc2)c1N. The summed E-state index contributed by atoms with van der Waals surface area (Å²) in [7, 11) is 0. The van der Waals surface area contributed by atoms with E-state index in [0.717, 1.165) is 28.8 Å². The van der Waals surface area contributed by atoms with Gasteiger partial charge >= 0.3 is 5.82 Å². The van der Waals surface area contributed by atoms with Crippen LogP contribution in [0.2, 0.25) is 0 Å². The first kappa shape index (κ1) is 15.7. The molecule has 4 nitrogen and oxygen atoms in total. The molecule has 0 bridgehead atoms. The molecule has 2 aromatic carbocycles. The van der Waals surface area contributed by atoms with Crippen molar-refractivity contribution in [3.8, 4) is 28.5 Å². The number of nitrogens with zero attached hydrogens (tertiary/aromatic N) is 3. The summed E-state index contributed by atoms with van der Waals surface area (Å²) in [4.78, 5) is 0. The molecule has 0 unspecified atom stereocenters. The molecule has 1 aromatic heterocycles. The summed E-state index contributed by atoms with van der Waals surface area (Å²) in [5, 5.41) is 13.5. The third kappa shape index (κ3) is 3.41. The monoisotopic (exact) mass is 315 g/mol. The lowest BCUT2D eigenvalue weighted by Gasteiger charge is -2.09. The number of unbranched alkanes of at least 4 members (excludes halogenated alkanes) is 1. The molecular weight excluding hydrogens is 296 g/mol. The fraction of sp³-hybridized carbons (Fsp3) is 0.150. The lowest BCUT2D eigenvalue weighted by atomic mass is 10.0. The van der Waals surface area contributed by atoms with E-state index in [0.29, 0.717) is 18.8 Å². The zero-order valence-electron chi connectivity index (χ0n) is 13.4. The zero-order chi connectivity index (χ0) is 16.8. The summed E-state index contributed by atoms with van der Waals surface area (Å²) in [6.45, 7) is 0.625. The third-order valence-electron chi connectivity index (χ3n) is 3.88. The fourth-order valence-electron chi connectivity index (χ4n) is 2.64. The second kappa shape index (κ2) is 7.38. The van der Waals surface area contributed by atoms with E-state index in [1.54, 1.807) is 0 Å². The Morgan fingerprint density at radius 3 is 2.21 bits per heavy atom. The molecule has 0 atom stereocenters. The maximum Gasteiger partial charge on any atom is 0.301 e. The predicted octanol–water partition coefficient (Wildman–Crippen LogP) is 3.59. The van der Waals surface area contributed by atoms with E-state index in [2.05, 4.69) is 11.2 Å². The average Bonchev–Trinajstić information content (AvgIpc) is 2.65. The highest BCUT2D eigenvalue weighted by atomic mass is 15.3. The van der Waals surface area contributed by atoms with Gasteiger partial charge in [-0.2, -0.15) is 5.26 Å². The molecule has 0 saturated carbocycles. The summed E-state index contributed by atoms with van der Waals surface area (Å²) in [5.41, 5.74) is 10.3. The highest BCUT2D eigenvalue weighted by Crippen LogP contribution is 2.27. The summed E-state index contributed by atoms with van der Waals surface area (Å²) >= 11 is 0. The first-order valence-electron chi connectivity index (χ1n) is 7.98. The van der Waals surface area contributed by atoms with Crippen LogP contribution in [0.15, 0.2) is 66.7 Å². The molecule has 1 heterocycles. The number of aryl methyl sites for hydroxylation is 1. The highest BCUT2D eigenvalue weighted by Gasteiger charge is 2.17. The van der Waals surface area contributed by atoms with Gasteiger partial charge in [0.2, 0.25) is 0 Å². The molecule has 3 aromatic rings. The summed E-state index contributed by atoms with van der Waals surface area (Å²) in [6, 6.07) is 24.3. The minimum absolute atomic E-state index is 0.490. The molecule has 0 saturated heterocycles. The van der Waals surface area contributed by atoms with E-state index in [1.165, 1.54) is 0 Å². The Morgan fingerprint density at radius 1 is 0.958 bits per heavy atom. The number of nitrogens with two attached hydrogens (primary N) is 1. The standard InChI is InChI=1S/C20H18N4/c21-13-7-8-14-24-20(22)18(16-9-3-1-4-10-16)15-19(23-24)17-11-5-2-6-12-17/h1-6,9-12,15,22H,7-8,14H2/p+1. The maximum absolute atomic E-state index is 8.77. The molecule has 0 spiro atoms. The van der Waals surface area contributed by atoms with Crippen molar-refractivity contribution in [1.29, 1.82) is 5.26 Å². The van der Waals surface area contributed by atoms with Crippen LogP contribution in [0.3, 0.4) is 0 Å². The van der Waals surface area contributed by atoms with Crippen LogP contribution in [0.5, 0.6) is 0 Å². The molecular formula is C20H19N4+. The molecule has 0 fully saturated rings. The number of hydrogen-bond donors (Lipinski definition) is 1. The second-order valence-corrected chi connectivity index (χ2v) is 5.55. The van der Waals surface area contributed by atoms with Crippen molar-refractivity contribution in [2.75, 3.05) is 5.73 Å². The lowest BCUT2D eigenvalue weighted by Crippen LogP contribution is -2.42. The van der Waals surface area contributed by atoms with Gasteiger partial charge in [0.1, 0.15) is 12.2 Å². The predicted molar refractivity (Wildman–Crippen MR) is 94.6 cm³/mol. The van der Waals surface area contributed by atoms with Gasteiger partial charge in [-0.1, -0.05) is 65.8 Å². The van der Waals surface area contributed by atoms with Crippen molar-refractivity contribution in [2.24, 2.45) is 0 Å². The van der Waals surface area contributed by atoms with Gasteiger partial charge in [0.15, 0.2) is 0 Å². The first-order chi connectivity index (χ1) is 11.8. The van der Waals surface area contributed by atoms with Gasteiger partial charge < -0.3 is 0 Å². The van der Waals surface area contributed by atoms with Crippen LogP contribution in [0.1, 0.15) is 12.8 Å². The maximum atomic E-state index is 8.77. The molecule has 0 aliphatic rings. The van der Waals surface area contributed by atoms with E-state index < -0.39 is 0 Å². The Labute approximate surface area is 141 Å². The van der Waals surface area contributed by atoms with E-state index in [-0.39, 0.29) is 0 Å². The second-order valence-electron chi connectivity index (χ2n) is 5.55. The van der Waals surface area contributed by atoms with E-state index in [9.17, 15) is 0 Å². The van der Waals surface area contributed by atoms with Crippen LogP contribution in [0.4, 0.5) is 5.82 Å². The van der Waals surface area contributed by atoms with E-state index in [4.69, 9.17) is 11.0 Å². The quantitative estimate of drug-likeness (QED) is 0.578. The fourth-order valence-corrected chi connectivity index (χ4v) is 2.64. The van der Waals surface area contributed by atoms with Crippen molar-refractivity contribution < 1.29 is 4.68 Å². The van der Waals surface area contributed by atoms with Gasteiger partial charge in [0.05, 0.1) is 11.6 Å². The van der Waals surface area contributed by atoms with E-state index >= 15 is 0 Å². The molecule has 2 N–H and O–H groups in total. The topological polar surface area (TPSA) is 66.6 Å². The number of anilines is 1. The van der Waals surface area contributed by atoms with Gasteiger partial charge in [0, 0.05) is 18.4 Å². The van der Waals surface area contributed by atoms with Crippen molar-refractivity contribution in [3.63, 3.8) is 0 Å². The van der Waals surface area contributed by atoms with Crippen LogP contribution >= 0.6 is 0 Å².